The Morgan fingerprint density at radius 1 is 0.615 bits per heavy atom. The summed E-state index contributed by atoms with van der Waals surface area (Å²) in [7, 11) is 0. The lowest BCUT2D eigenvalue weighted by Gasteiger charge is -2.02. The highest BCUT2D eigenvalue weighted by atomic mass is 16.3. The van der Waals surface area contributed by atoms with Crippen molar-refractivity contribution in [3.8, 4) is 11.5 Å². The third-order valence-electron chi connectivity index (χ3n) is 3.48. The zero-order valence-corrected chi connectivity index (χ0v) is 13.1. The molecule has 0 aliphatic heterocycles. The monoisotopic (exact) mass is 352 g/mol. The minimum absolute atomic E-state index is 0.183. The van der Waals surface area contributed by atoms with Gasteiger partial charge >= 0.3 is 0 Å². The topological polar surface area (TPSA) is 141 Å². The number of aliphatic hydroxyl groups is 2. The Hall–Kier alpha value is -3.94. The number of rotatable bonds is 0. The highest BCUT2D eigenvalue weighted by Gasteiger charge is 2.17. The number of allylic oxidation sites excluding steroid dienone is 2. The Kier molecular flexibility index (Phi) is 4.24. The number of aromatic hydroxyl groups is 2. The summed E-state index contributed by atoms with van der Waals surface area (Å²) in [6, 6.07) is 10.3. The molecule has 26 heavy (non-hydrogen) atoms. The molecule has 0 atom stereocenters. The fourth-order valence-electron chi connectivity index (χ4n) is 2.19. The van der Waals surface area contributed by atoms with E-state index in [0.717, 1.165) is 11.0 Å². The molecule has 1 aliphatic carbocycles. The van der Waals surface area contributed by atoms with Crippen molar-refractivity contribution in [2.75, 3.05) is 0 Å². The lowest BCUT2D eigenvalue weighted by molar-refractivity contribution is -0.118. The van der Waals surface area contributed by atoms with Crippen molar-refractivity contribution in [2.24, 2.45) is 0 Å². The number of phenolic OH excluding ortho intramolecular Hbond substituents is 2. The van der Waals surface area contributed by atoms with E-state index in [1.165, 1.54) is 12.1 Å². The number of aromatic nitrogens is 2. The van der Waals surface area contributed by atoms with E-state index >= 15 is 0 Å². The van der Waals surface area contributed by atoms with Gasteiger partial charge in [0, 0.05) is 24.3 Å². The first-order chi connectivity index (χ1) is 12.3. The van der Waals surface area contributed by atoms with Gasteiger partial charge < -0.3 is 20.4 Å². The van der Waals surface area contributed by atoms with Crippen molar-refractivity contribution in [1.29, 1.82) is 0 Å². The highest BCUT2D eigenvalue weighted by Crippen LogP contribution is 2.29. The summed E-state index contributed by atoms with van der Waals surface area (Å²) in [5, 5.41) is 35.9. The number of phenols is 2. The SMILES string of the molecule is O=C1C=C(O)C(=O)C=C1O.Oc1cc2nc3ccccc3nc2cc1O. The van der Waals surface area contributed by atoms with Crippen molar-refractivity contribution < 1.29 is 30.0 Å². The molecule has 0 saturated carbocycles. The van der Waals surface area contributed by atoms with Crippen molar-refractivity contribution in [1.82, 2.24) is 9.97 Å². The Balaban J connectivity index is 0.000000170. The van der Waals surface area contributed by atoms with Gasteiger partial charge in [0.25, 0.3) is 0 Å². The van der Waals surface area contributed by atoms with Crippen LogP contribution in [0.2, 0.25) is 0 Å². The summed E-state index contributed by atoms with van der Waals surface area (Å²) in [6.45, 7) is 0. The molecule has 0 bridgehead atoms. The van der Waals surface area contributed by atoms with Crippen LogP contribution in [0.4, 0.5) is 0 Å². The fraction of sp³-hybridized carbons (Fsp3) is 0. The molecule has 1 heterocycles. The van der Waals surface area contributed by atoms with Crippen LogP contribution in [0.25, 0.3) is 22.1 Å². The zero-order chi connectivity index (χ0) is 18.8. The van der Waals surface area contributed by atoms with Crippen LogP contribution < -0.4 is 0 Å². The smallest absolute Gasteiger partial charge is 0.224 e. The van der Waals surface area contributed by atoms with Crippen LogP contribution in [0.3, 0.4) is 0 Å². The van der Waals surface area contributed by atoms with E-state index < -0.39 is 23.1 Å². The second-order valence-electron chi connectivity index (χ2n) is 5.33. The number of benzene rings is 2. The van der Waals surface area contributed by atoms with Crippen LogP contribution in [0.1, 0.15) is 0 Å². The van der Waals surface area contributed by atoms with Gasteiger partial charge in [0.05, 0.1) is 22.1 Å². The molecule has 0 amide bonds. The van der Waals surface area contributed by atoms with Gasteiger partial charge in [-0.1, -0.05) is 12.1 Å². The first-order valence-electron chi connectivity index (χ1n) is 7.33. The maximum absolute atomic E-state index is 10.4. The first kappa shape index (κ1) is 16.9. The standard InChI is InChI=1S/C12H8N2O2.C6H4O4/c15-11-5-9-10(6-12(11)16)14-8-4-2-1-3-7(8)13-9;7-3-1-4(8)6(10)2-5(3)9/h1-6,15-16H;1-2,7,10H. The second-order valence-corrected chi connectivity index (χ2v) is 5.33. The van der Waals surface area contributed by atoms with E-state index in [4.69, 9.17) is 10.2 Å². The predicted molar refractivity (Wildman–Crippen MR) is 91.8 cm³/mol. The maximum atomic E-state index is 10.4. The molecular weight excluding hydrogens is 340 g/mol. The molecule has 8 heteroatoms. The van der Waals surface area contributed by atoms with Crippen LogP contribution >= 0.6 is 0 Å². The van der Waals surface area contributed by atoms with Gasteiger partial charge in [0.2, 0.25) is 11.6 Å². The van der Waals surface area contributed by atoms with E-state index in [2.05, 4.69) is 9.97 Å². The Bertz CT molecular complexity index is 1030. The second kappa shape index (κ2) is 6.52. The highest BCUT2D eigenvalue weighted by molar-refractivity contribution is 6.17. The number of carbonyl (C=O) groups is 2. The summed E-state index contributed by atoms with van der Waals surface area (Å²) in [4.78, 5) is 29.6. The number of ketones is 2. The molecule has 3 aromatic rings. The summed E-state index contributed by atoms with van der Waals surface area (Å²) in [6.07, 6.45) is 1.36. The molecule has 0 fully saturated rings. The summed E-state index contributed by atoms with van der Waals surface area (Å²) < 4.78 is 0. The third-order valence-corrected chi connectivity index (χ3v) is 3.48. The quantitative estimate of drug-likeness (QED) is 0.274. The third kappa shape index (κ3) is 3.29. The van der Waals surface area contributed by atoms with Crippen LogP contribution in [-0.4, -0.2) is 42.0 Å². The Morgan fingerprint density at radius 2 is 1.00 bits per heavy atom. The number of aliphatic hydroxyl groups excluding tert-OH is 2. The lowest BCUT2D eigenvalue weighted by Crippen LogP contribution is -2.12. The van der Waals surface area contributed by atoms with Crippen LogP contribution in [0.15, 0.2) is 60.1 Å². The van der Waals surface area contributed by atoms with Gasteiger partial charge in [-0.3, -0.25) is 9.59 Å². The van der Waals surface area contributed by atoms with Gasteiger partial charge in [-0.2, -0.15) is 0 Å². The molecule has 0 spiro atoms. The minimum atomic E-state index is -0.753. The average Bonchev–Trinajstić information content (AvgIpc) is 2.60. The number of carbonyl (C=O) groups excluding carboxylic acids is 2. The molecule has 8 nitrogen and oxygen atoms in total. The molecule has 130 valence electrons. The lowest BCUT2D eigenvalue weighted by atomic mass is 10.1. The molecular formula is C18H12N2O6. The molecule has 4 rings (SSSR count). The molecule has 0 saturated heterocycles. The predicted octanol–water partition coefficient (Wildman–Crippen LogP) is 2.22. The van der Waals surface area contributed by atoms with Crippen molar-refractivity contribution >= 4 is 33.6 Å². The van der Waals surface area contributed by atoms with Gasteiger partial charge in [0.1, 0.15) is 0 Å². The van der Waals surface area contributed by atoms with Gasteiger partial charge in [-0.15, -0.1) is 0 Å². The van der Waals surface area contributed by atoms with E-state index in [1.54, 1.807) is 0 Å². The van der Waals surface area contributed by atoms with E-state index in [-0.39, 0.29) is 11.5 Å². The van der Waals surface area contributed by atoms with Crippen LogP contribution in [0.5, 0.6) is 11.5 Å². The van der Waals surface area contributed by atoms with Gasteiger partial charge in [-0.25, -0.2) is 9.97 Å². The molecule has 0 radical (unpaired) electrons. The molecule has 1 aromatic heterocycles. The summed E-state index contributed by atoms with van der Waals surface area (Å²) in [5.74, 6) is -3.14. The molecule has 4 N–H and O–H groups in total. The minimum Gasteiger partial charge on any atom is -0.504 e. The number of fused-ring (bicyclic) bond motifs is 2. The normalized spacial score (nSPS) is 13.8. The number of para-hydroxylation sites is 2. The average molecular weight is 352 g/mol. The van der Waals surface area contributed by atoms with Crippen LogP contribution in [0, 0.1) is 0 Å². The van der Waals surface area contributed by atoms with Crippen molar-refractivity contribution in [3.63, 3.8) is 0 Å². The van der Waals surface area contributed by atoms with Gasteiger partial charge in [-0.05, 0) is 12.1 Å². The Labute approximate surface area is 146 Å². The van der Waals surface area contributed by atoms with E-state index in [1.807, 2.05) is 24.3 Å². The molecule has 1 aliphatic rings. The van der Waals surface area contributed by atoms with Crippen molar-refractivity contribution in [2.45, 2.75) is 0 Å². The van der Waals surface area contributed by atoms with Crippen molar-refractivity contribution in [3.05, 3.63) is 60.1 Å². The largest absolute Gasteiger partial charge is 0.504 e. The first-order valence-corrected chi connectivity index (χ1v) is 7.33. The van der Waals surface area contributed by atoms with Gasteiger partial charge in [0.15, 0.2) is 23.0 Å². The molecule has 2 aromatic carbocycles. The number of hydrogen-bond donors (Lipinski definition) is 4. The molecule has 0 unspecified atom stereocenters. The van der Waals surface area contributed by atoms with Crippen LogP contribution in [-0.2, 0) is 9.59 Å². The fourth-order valence-corrected chi connectivity index (χ4v) is 2.19. The van der Waals surface area contributed by atoms with E-state index in [9.17, 15) is 19.8 Å². The Morgan fingerprint density at radius 3 is 1.38 bits per heavy atom. The summed E-state index contributed by atoms with van der Waals surface area (Å²) in [5.41, 5.74) is 2.66. The zero-order valence-electron chi connectivity index (χ0n) is 13.1. The summed E-state index contributed by atoms with van der Waals surface area (Å²) >= 11 is 0. The maximum Gasteiger partial charge on any atom is 0.224 e. The number of nitrogens with zero attached hydrogens (tertiary/aromatic N) is 2. The van der Waals surface area contributed by atoms with E-state index in [0.29, 0.717) is 23.2 Å². The number of hydrogen-bond acceptors (Lipinski definition) is 8.